The van der Waals surface area contributed by atoms with E-state index in [4.69, 9.17) is 11.6 Å². The second-order valence-electron chi connectivity index (χ2n) is 4.84. The summed E-state index contributed by atoms with van der Waals surface area (Å²) in [7, 11) is -4.00. The topological polar surface area (TPSA) is 103 Å². The van der Waals surface area contributed by atoms with Gasteiger partial charge in [-0.2, -0.15) is 13.2 Å². The number of aromatic amines is 2. The van der Waals surface area contributed by atoms with E-state index in [-0.39, 0.29) is 12.1 Å². The predicted molar refractivity (Wildman–Crippen MR) is 83.1 cm³/mol. The molecule has 1 aromatic carbocycles. The first-order chi connectivity index (χ1) is 10.9. The number of fused-ring (bicyclic) bond motifs is 1. The molecule has 0 unspecified atom stereocenters. The molecule has 12 heteroatoms. The van der Waals surface area contributed by atoms with Gasteiger partial charge in [-0.1, -0.05) is 11.6 Å². The zero-order chi connectivity index (χ0) is 18.4. The van der Waals surface area contributed by atoms with Crippen LogP contribution in [0.25, 0.3) is 11.0 Å². The maximum absolute atomic E-state index is 13.2. The molecular formula is C12H11ClF3N3O4S. The zero-order valence-corrected chi connectivity index (χ0v) is 13.9. The number of anilines is 1. The standard InChI is InChI=1S/C12H11ClF3N3O4S/c1-3-19(24(2,22)23)9-7(13)5(12(14,15)16)4-6-8(9)18-11(21)10(20)17-6/h4H,3H2,1-2H3,(H,17,20)(H,18,21). The van der Waals surface area contributed by atoms with Gasteiger partial charge in [0.25, 0.3) is 0 Å². The molecule has 132 valence electrons. The molecule has 7 nitrogen and oxygen atoms in total. The lowest BCUT2D eigenvalue weighted by molar-refractivity contribution is -0.137. The third kappa shape index (κ3) is 3.13. The lowest BCUT2D eigenvalue weighted by Crippen LogP contribution is -2.33. The van der Waals surface area contributed by atoms with E-state index in [1.54, 1.807) is 0 Å². The van der Waals surface area contributed by atoms with E-state index >= 15 is 0 Å². The van der Waals surface area contributed by atoms with Gasteiger partial charge in [-0.3, -0.25) is 13.9 Å². The molecule has 0 saturated carbocycles. The van der Waals surface area contributed by atoms with Crippen LogP contribution in [0.15, 0.2) is 15.7 Å². The van der Waals surface area contributed by atoms with Gasteiger partial charge in [-0.25, -0.2) is 8.42 Å². The van der Waals surface area contributed by atoms with Crippen LogP contribution in [0.5, 0.6) is 0 Å². The number of halogens is 4. The summed E-state index contributed by atoms with van der Waals surface area (Å²) in [6, 6.07) is 0.536. The maximum atomic E-state index is 13.2. The number of hydrogen-bond acceptors (Lipinski definition) is 4. The molecule has 0 aliphatic heterocycles. The quantitative estimate of drug-likeness (QED) is 0.784. The molecule has 1 heterocycles. The summed E-state index contributed by atoms with van der Waals surface area (Å²) in [5.41, 5.74) is -4.93. The molecule has 2 rings (SSSR count). The molecule has 0 radical (unpaired) electrons. The smallest absolute Gasteiger partial charge is 0.316 e. The van der Waals surface area contributed by atoms with Gasteiger partial charge in [0.05, 0.1) is 33.6 Å². The SMILES string of the molecule is CCN(c1c(Cl)c(C(F)(F)F)cc2[nH]c(=O)c(=O)[nH]c12)S(C)(=O)=O. The van der Waals surface area contributed by atoms with E-state index in [0.717, 1.165) is 6.26 Å². The number of rotatable bonds is 3. The fourth-order valence-corrected chi connectivity index (χ4v) is 3.61. The highest BCUT2D eigenvalue weighted by Gasteiger charge is 2.37. The van der Waals surface area contributed by atoms with Crippen LogP contribution >= 0.6 is 11.6 Å². The predicted octanol–water partition coefficient (Wildman–Crippen LogP) is 1.67. The van der Waals surface area contributed by atoms with Gasteiger partial charge < -0.3 is 9.97 Å². The van der Waals surface area contributed by atoms with Crippen molar-refractivity contribution in [2.75, 3.05) is 17.1 Å². The number of alkyl halides is 3. The molecule has 24 heavy (non-hydrogen) atoms. The normalized spacial score (nSPS) is 12.6. The highest BCUT2D eigenvalue weighted by atomic mass is 35.5. The Morgan fingerprint density at radius 2 is 1.75 bits per heavy atom. The fourth-order valence-electron chi connectivity index (χ4n) is 2.22. The van der Waals surface area contributed by atoms with Crippen molar-refractivity contribution in [3.05, 3.63) is 37.4 Å². The van der Waals surface area contributed by atoms with Gasteiger partial charge in [0, 0.05) is 6.54 Å². The van der Waals surface area contributed by atoms with E-state index in [1.807, 2.05) is 4.98 Å². The van der Waals surface area contributed by atoms with Crippen LogP contribution < -0.4 is 15.4 Å². The van der Waals surface area contributed by atoms with Gasteiger partial charge >= 0.3 is 17.3 Å². The summed E-state index contributed by atoms with van der Waals surface area (Å²) in [6.45, 7) is 1.14. The van der Waals surface area contributed by atoms with E-state index in [2.05, 4.69) is 4.98 Å². The van der Waals surface area contributed by atoms with Crippen molar-refractivity contribution in [1.29, 1.82) is 0 Å². The number of aromatic nitrogens is 2. The Morgan fingerprint density at radius 3 is 2.21 bits per heavy atom. The van der Waals surface area contributed by atoms with Crippen LogP contribution in [-0.4, -0.2) is 31.2 Å². The second kappa shape index (κ2) is 5.81. The summed E-state index contributed by atoms with van der Waals surface area (Å²) in [5.74, 6) is 0. The molecule has 0 aliphatic rings. The van der Waals surface area contributed by atoms with Gasteiger partial charge in [0.15, 0.2) is 0 Å². The summed E-state index contributed by atoms with van der Waals surface area (Å²) in [4.78, 5) is 27.0. The Hall–Kier alpha value is -2.01. The van der Waals surface area contributed by atoms with Gasteiger partial charge in [-0.15, -0.1) is 0 Å². The van der Waals surface area contributed by atoms with E-state index in [9.17, 15) is 31.2 Å². The lowest BCUT2D eigenvalue weighted by Gasteiger charge is -2.24. The molecule has 2 aromatic rings. The zero-order valence-electron chi connectivity index (χ0n) is 12.3. The first kappa shape index (κ1) is 18.3. The van der Waals surface area contributed by atoms with Crippen molar-refractivity contribution in [3.63, 3.8) is 0 Å². The Kier molecular flexibility index (Phi) is 4.44. The molecule has 0 atom stereocenters. The minimum atomic E-state index is -4.90. The highest BCUT2D eigenvalue weighted by Crippen LogP contribution is 2.43. The summed E-state index contributed by atoms with van der Waals surface area (Å²) >= 11 is 5.80. The minimum absolute atomic E-state index is 0.240. The fraction of sp³-hybridized carbons (Fsp3) is 0.333. The van der Waals surface area contributed by atoms with Crippen molar-refractivity contribution in [2.24, 2.45) is 0 Å². The maximum Gasteiger partial charge on any atom is 0.418 e. The molecular weight excluding hydrogens is 375 g/mol. The molecule has 1 aromatic heterocycles. The molecule has 0 aliphatic carbocycles. The number of nitrogens with zero attached hydrogens (tertiary/aromatic N) is 1. The Balaban J connectivity index is 3.10. The first-order valence-corrected chi connectivity index (χ1v) is 8.64. The van der Waals surface area contributed by atoms with Gasteiger partial charge in [0.1, 0.15) is 0 Å². The van der Waals surface area contributed by atoms with Crippen molar-refractivity contribution >= 4 is 38.3 Å². The van der Waals surface area contributed by atoms with Crippen LogP contribution in [0.2, 0.25) is 5.02 Å². The molecule has 0 saturated heterocycles. The van der Waals surface area contributed by atoms with Crippen molar-refractivity contribution < 1.29 is 21.6 Å². The van der Waals surface area contributed by atoms with Crippen LogP contribution in [-0.2, 0) is 16.2 Å². The van der Waals surface area contributed by atoms with Crippen molar-refractivity contribution in [2.45, 2.75) is 13.1 Å². The summed E-state index contributed by atoms with van der Waals surface area (Å²) in [6.07, 6.45) is -4.12. The third-order valence-corrected chi connectivity index (χ3v) is 4.80. The van der Waals surface area contributed by atoms with Crippen molar-refractivity contribution in [3.8, 4) is 0 Å². The molecule has 0 fully saturated rings. The number of nitrogens with one attached hydrogen (secondary N) is 2. The number of H-pyrrole nitrogens is 2. The first-order valence-electron chi connectivity index (χ1n) is 6.41. The monoisotopic (exact) mass is 385 g/mol. The largest absolute Gasteiger partial charge is 0.418 e. The van der Waals surface area contributed by atoms with Crippen LogP contribution in [0.3, 0.4) is 0 Å². The average molecular weight is 386 g/mol. The second-order valence-corrected chi connectivity index (χ2v) is 7.13. The van der Waals surface area contributed by atoms with Crippen molar-refractivity contribution in [1.82, 2.24) is 9.97 Å². The van der Waals surface area contributed by atoms with Crippen LogP contribution in [0, 0.1) is 0 Å². The van der Waals surface area contributed by atoms with Gasteiger partial charge in [0.2, 0.25) is 10.0 Å². The van der Waals surface area contributed by atoms with E-state index < -0.39 is 49.1 Å². The Labute approximate surface area is 138 Å². The molecule has 0 bridgehead atoms. The molecule has 0 amide bonds. The van der Waals surface area contributed by atoms with E-state index in [0.29, 0.717) is 10.4 Å². The number of hydrogen-bond donors (Lipinski definition) is 2. The van der Waals surface area contributed by atoms with Gasteiger partial charge in [-0.05, 0) is 13.0 Å². The lowest BCUT2D eigenvalue weighted by atomic mass is 10.1. The van der Waals surface area contributed by atoms with E-state index in [1.165, 1.54) is 6.92 Å². The molecule has 2 N–H and O–H groups in total. The summed E-state index contributed by atoms with van der Waals surface area (Å²) in [5, 5.41) is -0.898. The van der Waals surface area contributed by atoms with Crippen LogP contribution in [0.4, 0.5) is 18.9 Å². The minimum Gasteiger partial charge on any atom is -0.316 e. The summed E-state index contributed by atoms with van der Waals surface area (Å²) < 4.78 is 64.0. The Morgan fingerprint density at radius 1 is 1.21 bits per heavy atom. The van der Waals surface area contributed by atoms with Crippen LogP contribution in [0.1, 0.15) is 12.5 Å². The third-order valence-electron chi connectivity index (χ3n) is 3.17. The number of benzene rings is 1. The Bertz CT molecular complexity index is 1030. The number of sulfonamides is 1. The highest BCUT2D eigenvalue weighted by molar-refractivity contribution is 7.92. The molecule has 0 spiro atoms. The average Bonchev–Trinajstić information content (AvgIpc) is 2.41.